The van der Waals surface area contributed by atoms with E-state index in [2.05, 4.69) is 61.1 Å². The number of thiocarbonyl (C=S) groups is 1. The van der Waals surface area contributed by atoms with E-state index >= 15 is 0 Å². The largest absolute Gasteiger partial charge is 0.386 e. The molecule has 8 heteroatoms. The average molecular weight is 513 g/mol. The molecule has 0 aliphatic carbocycles. The summed E-state index contributed by atoms with van der Waals surface area (Å²) in [7, 11) is 1.85. The van der Waals surface area contributed by atoms with Crippen LogP contribution < -0.4 is 16.0 Å². The van der Waals surface area contributed by atoms with E-state index < -0.39 is 11.8 Å². The van der Waals surface area contributed by atoms with E-state index in [1.807, 2.05) is 19.2 Å². The molecule has 20 heavy (non-hydrogen) atoms. The first kappa shape index (κ1) is 15.6. The highest BCUT2D eigenvalue weighted by Crippen LogP contribution is 2.27. The molecule has 0 atom stereocenters. The van der Waals surface area contributed by atoms with Gasteiger partial charge in [-0.15, -0.1) is 0 Å². The standard InChI is InChI=1S/C12H9I2N3O2S/c1-15-9-7(13)3-5(4-8(9)14)2-6-10(18)16-12(20)17-11(6)19/h2-4,15H,1H3,(H2,16,17,18,19,20). The van der Waals surface area contributed by atoms with Crippen molar-refractivity contribution in [3.8, 4) is 0 Å². The fourth-order valence-corrected chi connectivity index (χ4v) is 4.23. The molecule has 0 radical (unpaired) electrons. The van der Waals surface area contributed by atoms with Crippen molar-refractivity contribution in [3.63, 3.8) is 0 Å². The molecule has 0 bridgehead atoms. The molecule has 0 unspecified atom stereocenters. The van der Waals surface area contributed by atoms with Crippen molar-refractivity contribution in [2.75, 3.05) is 12.4 Å². The zero-order chi connectivity index (χ0) is 14.9. The van der Waals surface area contributed by atoms with Gasteiger partial charge in [0.25, 0.3) is 11.8 Å². The minimum absolute atomic E-state index is 0.0341. The molecular weight excluding hydrogens is 504 g/mol. The molecule has 1 saturated heterocycles. The van der Waals surface area contributed by atoms with Gasteiger partial charge in [0, 0.05) is 14.2 Å². The van der Waals surface area contributed by atoms with Crippen LogP contribution in [0.3, 0.4) is 0 Å². The molecule has 5 nitrogen and oxygen atoms in total. The monoisotopic (exact) mass is 513 g/mol. The number of amides is 2. The second-order valence-electron chi connectivity index (χ2n) is 3.90. The highest BCUT2D eigenvalue weighted by Gasteiger charge is 2.25. The number of nitrogens with one attached hydrogen (secondary N) is 3. The highest BCUT2D eigenvalue weighted by molar-refractivity contribution is 14.1. The van der Waals surface area contributed by atoms with Gasteiger partial charge in [-0.1, -0.05) is 0 Å². The number of rotatable bonds is 2. The Morgan fingerprint density at radius 2 is 1.65 bits per heavy atom. The van der Waals surface area contributed by atoms with Gasteiger partial charge in [-0.3, -0.25) is 20.2 Å². The molecule has 1 fully saturated rings. The number of halogens is 2. The second-order valence-corrected chi connectivity index (χ2v) is 6.64. The van der Waals surface area contributed by atoms with Crippen LogP contribution in [0.15, 0.2) is 17.7 Å². The van der Waals surface area contributed by atoms with Crippen molar-refractivity contribution >= 4 is 86.1 Å². The zero-order valence-corrected chi connectivity index (χ0v) is 15.3. The van der Waals surface area contributed by atoms with E-state index in [0.717, 1.165) is 18.4 Å². The van der Waals surface area contributed by atoms with Crippen LogP contribution in [-0.2, 0) is 9.59 Å². The van der Waals surface area contributed by atoms with Gasteiger partial charge in [-0.05, 0) is 81.2 Å². The van der Waals surface area contributed by atoms with Crippen LogP contribution in [0.5, 0.6) is 0 Å². The number of anilines is 1. The van der Waals surface area contributed by atoms with Crippen LogP contribution in [0.1, 0.15) is 5.56 Å². The molecule has 0 saturated carbocycles. The van der Waals surface area contributed by atoms with E-state index in [1.165, 1.54) is 0 Å². The summed E-state index contributed by atoms with van der Waals surface area (Å²) in [5.41, 5.74) is 1.85. The van der Waals surface area contributed by atoms with Crippen molar-refractivity contribution in [1.82, 2.24) is 10.6 Å². The van der Waals surface area contributed by atoms with Gasteiger partial charge < -0.3 is 5.32 Å². The Kier molecular flexibility index (Phi) is 4.96. The summed E-state index contributed by atoms with van der Waals surface area (Å²) in [4.78, 5) is 23.5. The molecule has 104 valence electrons. The number of hydrogen-bond acceptors (Lipinski definition) is 4. The van der Waals surface area contributed by atoms with Gasteiger partial charge in [0.05, 0.1) is 5.69 Å². The summed E-state index contributed by atoms with van der Waals surface area (Å²) < 4.78 is 2.02. The van der Waals surface area contributed by atoms with Crippen molar-refractivity contribution in [1.29, 1.82) is 0 Å². The molecule has 3 N–H and O–H groups in total. The lowest BCUT2D eigenvalue weighted by Gasteiger charge is -2.16. The quantitative estimate of drug-likeness (QED) is 0.245. The third kappa shape index (κ3) is 3.28. The summed E-state index contributed by atoms with van der Waals surface area (Å²) in [6, 6.07) is 3.80. The Morgan fingerprint density at radius 3 is 2.10 bits per heavy atom. The number of carbonyl (C=O) groups excluding carboxylic acids is 2. The topological polar surface area (TPSA) is 70.2 Å². The van der Waals surface area contributed by atoms with Gasteiger partial charge in [0.1, 0.15) is 5.57 Å². The molecule has 1 aliphatic rings. The maximum Gasteiger partial charge on any atom is 0.263 e. The molecule has 0 spiro atoms. The summed E-state index contributed by atoms with van der Waals surface area (Å²) >= 11 is 9.15. The van der Waals surface area contributed by atoms with Gasteiger partial charge in [-0.2, -0.15) is 0 Å². The van der Waals surface area contributed by atoms with Crippen LogP contribution >= 0.6 is 57.4 Å². The van der Waals surface area contributed by atoms with Crippen LogP contribution in [0.25, 0.3) is 6.08 Å². The van der Waals surface area contributed by atoms with E-state index in [0.29, 0.717) is 0 Å². The van der Waals surface area contributed by atoms with Crippen molar-refractivity contribution in [2.45, 2.75) is 0 Å². The minimum Gasteiger partial charge on any atom is -0.386 e. The first-order valence-electron chi connectivity index (χ1n) is 5.47. The Bertz CT molecular complexity index is 613. The molecule has 1 aromatic carbocycles. The van der Waals surface area contributed by atoms with Gasteiger partial charge in [0.15, 0.2) is 5.11 Å². The minimum atomic E-state index is -0.485. The second kappa shape index (κ2) is 6.35. The lowest BCUT2D eigenvalue weighted by atomic mass is 10.1. The number of hydrogen-bond donors (Lipinski definition) is 3. The van der Waals surface area contributed by atoms with E-state index in [1.54, 1.807) is 6.08 Å². The zero-order valence-electron chi connectivity index (χ0n) is 10.2. The predicted molar refractivity (Wildman–Crippen MR) is 98.3 cm³/mol. The Labute approximate surface area is 148 Å². The van der Waals surface area contributed by atoms with Gasteiger partial charge in [0.2, 0.25) is 0 Å². The molecule has 0 aromatic heterocycles. The lowest BCUT2D eigenvalue weighted by Crippen LogP contribution is -2.51. The fourth-order valence-electron chi connectivity index (χ4n) is 1.69. The summed E-state index contributed by atoms with van der Waals surface area (Å²) in [5, 5.41) is 7.96. The average Bonchev–Trinajstić information content (AvgIpc) is 2.33. The maximum atomic E-state index is 11.8. The molecule has 2 amide bonds. The normalized spacial score (nSPS) is 14.8. The molecular formula is C12H9I2N3O2S. The SMILES string of the molecule is CNc1c(I)cc(C=C2C(=O)NC(=S)NC2=O)cc1I. The molecule has 1 aromatic rings. The summed E-state index contributed by atoms with van der Waals surface area (Å²) in [5.74, 6) is -0.970. The lowest BCUT2D eigenvalue weighted by molar-refractivity contribution is -0.123. The van der Waals surface area contributed by atoms with Crippen LogP contribution in [0.4, 0.5) is 5.69 Å². The smallest absolute Gasteiger partial charge is 0.263 e. The van der Waals surface area contributed by atoms with Crippen molar-refractivity contribution in [3.05, 3.63) is 30.4 Å². The van der Waals surface area contributed by atoms with Crippen molar-refractivity contribution in [2.24, 2.45) is 0 Å². The predicted octanol–water partition coefficient (Wildman–Crippen LogP) is 1.85. The van der Waals surface area contributed by atoms with Crippen LogP contribution in [0, 0.1) is 7.14 Å². The Balaban J connectivity index is 2.42. The van der Waals surface area contributed by atoms with E-state index in [-0.39, 0.29) is 10.7 Å². The highest BCUT2D eigenvalue weighted by atomic mass is 127. The molecule has 1 heterocycles. The Hall–Kier alpha value is -0.750. The third-order valence-electron chi connectivity index (χ3n) is 2.57. The van der Waals surface area contributed by atoms with E-state index in [9.17, 15) is 9.59 Å². The molecule has 2 rings (SSSR count). The summed E-state index contributed by atoms with van der Waals surface area (Å²) in [6.07, 6.45) is 1.55. The first-order chi connectivity index (χ1) is 9.42. The third-order valence-corrected chi connectivity index (χ3v) is 4.47. The fraction of sp³-hybridized carbons (Fsp3) is 0.0833. The maximum absolute atomic E-state index is 11.8. The van der Waals surface area contributed by atoms with Crippen molar-refractivity contribution < 1.29 is 9.59 Å². The van der Waals surface area contributed by atoms with E-state index in [4.69, 9.17) is 12.2 Å². The number of benzene rings is 1. The summed E-state index contributed by atoms with van der Waals surface area (Å²) in [6.45, 7) is 0. The number of carbonyl (C=O) groups is 2. The Morgan fingerprint density at radius 1 is 1.15 bits per heavy atom. The van der Waals surface area contributed by atoms with Crippen LogP contribution in [-0.4, -0.2) is 24.0 Å². The first-order valence-corrected chi connectivity index (χ1v) is 8.04. The van der Waals surface area contributed by atoms with Gasteiger partial charge in [-0.25, -0.2) is 0 Å². The van der Waals surface area contributed by atoms with Crippen LogP contribution in [0.2, 0.25) is 0 Å². The molecule has 1 aliphatic heterocycles. The van der Waals surface area contributed by atoms with Gasteiger partial charge >= 0.3 is 0 Å².